The fraction of sp³-hybridized carbons (Fsp3) is 0.133. The van der Waals surface area contributed by atoms with Crippen LogP contribution in [0.5, 0.6) is 11.5 Å². The normalized spacial score (nSPS) is 15.2. The number of fused-ring (bicyclic) bond motifs is 7. The van der Waals surface area contributed by atoms with Crippen LogP contribution >= 0.6 is 11.6 Å². The van der Waals surface area contributed by atoms with Crippen LogP contribution in [0.1, 0.15) is 24.1 Å². The van der Waals surface area contributed by atoms with Crippen LogP contribution in [0.4, 0.5) is 0 Å². The van der Waals surface area contributed by atoms with Gasteiger partial charge in [0.1, 0.15) is 0 Å². The van der Waals surface area contributed by atoms with Crippen molar-refractivity contribution in [2.45, 2.75) is 25.7 Å². The molecular formula is C30H21BClNOSe. The first-order valence-corrected chi connectivity index (χ1v) is 14.4. The van der Waals surface area contributed by atoms with Crippen molar-refractivity contribution in [2.75, 3.05) is 0 Å². The van der Waals surface area contributed by atoms with Gasteiger partial charge >= 0.3 is 217 Å². The Hall–Kier alpha value is -2.91. The maximum atomic E-state index is 6.63. The third-order valence-electron chi connectivity index (χ3n) is 7.79. The van der Waals surface area contributed by atoms with Gasteiger partial charge in [-0.05, 0) is 0 Å². The molecule has 0 fully saturated rings. The third-order valence-corrected chi connectivity index (χ3v) is 10.4. The summed E-state index contributed by atoms with van der Waals surface area (Å²) in [5, 5.41) is 2.22. The van der Waals surface area contributed by atoms with Crippen molar-refractivity contribution >= 4 is 69.5 Å². The molecule has 2 nitrogen and oxygen atoms in total. The summed E-state index contributed by atoms with van der Waals surface area (Å²) in [5.74, 6) is 1.97. The van der Waals surface area contributed by atoms with Gasteiger partial charge in [-0.25, -0.2) is 0 Å². The molecule has 35 heavy (non-hydrogen) atoms. The zero-order valence-corrected chi connectivity index (χ0v) is 21.5. The standard InChI is InChI=1S/C30H21BClNOSe/c32-18-12-14-23-29(16-18)35-28-11-5-10-26-30(28)31(23)22-15-13-19(17-27(22)34-26)33-24-8-3-1-6-20(24)21-7-2-4-9-25(21)33/h1,3,5-6,8,10-17H,2,4,7,9H2. The van der Waals surface area contributed by atoms with Crippen molar-refractivity contribution in [2.24, 2.45) is 0 Å². The van der Waals surface area contributed by atoms with E-state index >= 15 is 0 Å². The summed E-state index contributed by atoms with van der Waals surface area (Å²) in [6.45, 7) is 0.192. The minimum atomic E-state index is 0.192. The van der Waals surface area contributed by atoms with Crippen LogP contribution in [0.15, 0.2) is 78.9 Å². The number of benzene rings is 4. The first kappa shape index (κ1) is 20.3. The summed E-state index contributed by atoms with van der Waals surface area (Å²) in [4.78, 5) is 0. The Kier molecular flexibility index (Phi) is 4.38. The van der Waals surface area contributed by atoms with E-state index in [4.69, 9.17) is 16.3 Å². The van der Waals surface area contributed by atoms with E-state index in [1.807, 2.05) is 6.07 Å². The number of aryl methyl sites for hydroxylation is 1. The van der Waals surface area contributed by atoms with Crippen LogP contribution in [-0.2, 0) is 12.8 Å². The Morgan fingerprint density at radius 3 is 2.66 bits per heavy atom. The Morgan fingerprint density at radius 1 is 0.800 bits per heavy atom. The summed E-state index contributed by atoms with van der Waals surface area (Å²) in [6, 6.07) is 28.7. The number of aromatic nitrogens is 1. The summed E-state index contributed by atoms with van der Waals surface area (Å²) >= 11 is 6.63. The van der Waals surface area contributed by atoms with Gasteiger partial charge in [0, 0.05) is 0 Å². The average Bonchev–Trinajstić information content (AvgIpc) is 3.22. The van der Waals surface area contributed by atoms with E-state index in [0.29, 0.717) is 0 Å². The summed E-state index contributed by atoms with van der Waals surface area (Å²) in [7, 11) is 0. The fourth-order valence-electron chi connectivity index (χ4n) is 6.32. The van der Waals surface area contributed by atoms with Gasteiger partial charge in [-0.2, -0.15) is 0 Å². The van der Waals surface area contributed by atoms with Gasteiger partial charge < -0.3 is 0 Å². The van der Waals surface area contributed by atoms with Crippen LogP contribution in [0.2, 0.25) is 5.02 Å². The van der Waals surface area contributed by atoms with Crippen molar-refractivity contribution in [3.05, 3.63) is 95.1 Å². The number of hydrogen-bond donors (Lipinski definition) is 0. The third kappa shape index (κ3) is 2.91. The Morgan fingerprint density at radius 2 is 1.69 bits per heavy atom. The monoisotopic (exact) mass is 537 g/mol. The van der Waals surface area contributed by atoms with Crippen LogP contribution in [-0.4, -0.2) is 26.2 Å². The number of ether oxygens (including phenoxy) is 1. The molecule has 0 N–H and O–H groups in total. The molecular weight excluding hydrogens is 516 g/mol. The first-order valence-electron chi connectivity index (χ1n) is 12.3. The number of hydrogen-bond acceptors (Lipinski definition) is 1. The van der Waals surface area contributed by atoms with E-state index in [1.165, 1.54) is 72.4 Å². The summed E-state index contributed by atoms with van der Waals surface area (Å²) in [5.41, 5.74) is 9.45. The number of rotatable bonds is 1. The topological polar surface area (TPSA) is 14.2 Å². The van der Waals surface area contributed by atoms with Crippen LogP contribution in [0, 0.1) is 0 Å². The molecule has 1 aromatic heterocycles. The van der Waals surface area contributed by atoms with Gasteiger partial charge in [-0.3, -0.25) is 0 Å². The molecule has 4 aromatic carbocycles. The summed E-state index contributed by atoms with van der Waals surface area (Å²) in [6.07, 6.45) is 4.83. The predicted octanol–water partition coefficient (Wildman–Crippen LogP) is 3.75. The van der Waals surface area contributed by atoms with Gasteiger partial charge in [0.05, 0.1) is 0 Å². The first-order chi connectivity index (χ1) is 17.3. The van der Waals surface area contributed by atoms with Gasteiger partial charge in [-0.1, -0.05) is 0 Å². The van der Waals surface area contributed by atoms with Crippen molar-refractivity contribution in [3.63, 3.8) is 0 Å². The summed E-state index contributed by atoms with van der Waals surface area (Å²) < 4.78 is 11.9. The molecule has 1 aliphatic carbocycles. The van der Waals surface area contributed by atoms with Gasteiger partial charge in [0.15, 0.2) is 0 Å². The van der Waals surface area contributed by atoms with E-state index < -0.39 is 0 Å². The van der Waals surface area contributed by atoms with Crippen LogP contribution < -0.4 is 30.0 Å². The van der Waals surface area contributed by atoms with E-state index in [0.717, 1.165) is 22.9 Å². The molecule has 2 aliphatic heterocycles. The predicted molar refractivity (Wildman–Crippen MR) is 148 cm³/mol. The van der Waals surface area contributed by atoms with Crippen molar-refractivity contribution in [1.82, 2.24) is 4.57 Å². The maximum absolute atomic E-state index is 6.63. The number of nitrogens with zero attached hydrogens (tertiary/aromatic N) is 1. The molecule has 5 heteroatoms. The van der Waals surface area contributed by atoms with Crippen molar-refractivity contribution < 1.29 is 4.74 Å². The van der Waals surface area contributed by atoms with Crippen molar-refractivity contribution in [3.8, 4) is 17.2 Å². The van der Waals surface area contributed by atoms with E-state index in [-0.39, 0.29) is 21.7 Å². The van der Waals surface area contributed by atoms with E-state index in [1.54, 1.807) is 0 Å². The Labute approximate surface area is 216 Å². The van der Waals surface area contributed by atoms with Gasteiger partial charge in [-0.15, -0.1) is 0 Å². The molecule has 8 rings (SSSR count). The second-order valence-electron chi connectivity index (χ2n) is 9.69. The fourth-order valence-corrected chi connectivity index (χ4v) is 9.16. The average molecular weight is 537 g/mol. The molecule has 0 saturated heterocycles. The molecule has 5 aromatic rings. The van der Waals surface area contributed by atoms with E-state index in [9.17, 15) is 0 Å². The van der Waals surface area contributed by atoms with Gasteiger partial charge in [0.25, 0.3) is 0 Å². The Bertz CT molecular complexity index is 1690. The molecule has 0 saturated carbocycles. The molecule has 0 unspecified atom stereocenters. The molecule has 3 aliphatic rings. The number of halogens is 1. The second kappa shape index (κ2) is 7.54. The minimum absolute atomic E-state index is 0.192. The molecule has 168 valence electrons. The van der Waals surface area contributed by atoms with Crippen molar-refractivity contribution in [1.29, 1.82) is 0 Å². The Balaban J connectivity index is 1.35. The molecule has 0 spiro atoms. The van der Waals surface area contributed by atoms with Crippen LogP contribution in [0.3, 0.4) is 0 Å². The number of para-hydroxylation sites is 1. The van der Waals surface area contributed by atoms with E-state index in [2.05, 4.69) is 77.4 Å². The SMILES string of the molecule is Clc1ccc2c(c1)[Se]c1cccc3c1B2c1ccc(-n2c4c(c5ccccc52)CCCC4)cc1O3. The zero-order valence-electron chi connectivity index (χ0n) is 19.1. The molecule has 0 radical (unpaired) electrons. The van der Waals surface area contributed by atoms with Gasteiger partial charge in [0.2, 0.25) is 0 Å². The van der Waals surface area contributed by atoms with Crippen LogP contribution in [0.25, 0.3) is 16.6 Å². The molecule has 0 amide bonds. The second-order valence-corrected chi connectivity index (χ2v) is 12.4. The molecule has 3 heterocycles. The molecule has 0 atom stereocenters. The quantitative estimate of drug-likeness (QED) is 0.292. The zero-order chi connectivity index (χ0) is 23.1. The molecule has 0 bridgehead atoms.